The zero-order valence-corrected chi connectivity index (χ0v) is 13.5. The molecule has 126 valence electrons. The van der Waals surface area contributed by atoms with E-state index in [0.717, 1.165) is 36.5 Å². The summed E-state index contributed by atoms with van der Waals surface area (Å²) in [6, 6.07) is 12.7. The van der Waals surface area contributed by atoms with Crippen LogP contribution in [0, 0.1) is 5.92 Å². The molecule has 0 aliphatic carbocycles. The molecule has 0 aromatic heterocycles. The third-order valence-electron chi connectivity index (χ3n) is 4.12. The third kappa shape index (κ3) is 3.51. The Morgan fingerprint density at radius 3 is 2.67 bits per heavy atom. The van der Waals surface area contributed by atoms with Crippen molar-refractivity contribution < 1.29 is 24.1 Å². The lowest BCUT2D eigenvalue weighted by atomic mass is 10.0. The minimum Gasteiger partial charge on any atom is -0.495 e. The van der Waals surface area contributed by atoms with Gasteiger partial charge in [0.15, 0.2) is 0 Å². The summed E-state index contributed by atoms with van der Waals surface area (Å²) in [5.74, 6) is 0.602. The maximum absolute atomic E-state index is 11.3. The van der Waals surface area contributed by atoms with Gasteiger partial charge in [-0.1, -0.05) is 24.3 Å². The topological polar surface area (TPSA) is 65.0 Å². The van der Waals surface area contributed by atoms with E-state index in [4.69, 9.17) is 14.2 Å². The Kier molecular flexibility index (Phi) is 5.01. The highest BCUT2D eigenvalue weighted by Crippen LogP contribution is 2.34. The summed E-state index contributed by atoms with van der Waals surface area (Å²) in [6.45, 7) is 2.22. The molecule has 24 heavy (non-hydrogen) atoms. The summed E-state index contributed by atoms with van der Waals surface area (Å²) < 4.78 is 16.4. The average molecular weight is 328 g/mol. The van der Waals surface area contributed by atoms with Gasteiger partial charge in [0.25, 0.3) is 0 Å². The Labute approximate surface area is 140 Å². The molecular weight excluding hydrogens is 308 g/mol. The fourth-order valence-corrected chi connectivity index (χ4v) is 2.81. The number of hydrogen-bond acceptors (Lipinski definition) is 4. The van der Waals surface area contributed by atoms with Crippen LogP contribution < -0.4 is 9.47 Å². The van der Waals surface area contributed by atoms with Crippen molar-refractivity contribution in [2.24, 2.45) is 5.92 Å². The first-order chi connectivity index (χ1) is 11.7. The van der Waals surface area contributed by atoms with E-state index in [1.54, 1.807) is 6.07 Å². The van der Waals surface area contributed by atoms with Crippen LogP contribution in [0.2, 0.25) is 0 Å². The van der Waals surface area contributed by atoms with Crippen LogP contribution in [0.4, 0.5) is 0 Å². The molecule has 5 nitrogen and oxygen atoms in total. The third-order valence-corrected chi connectivity index (χ3v) is 4.12. The number of ether oxygens (including phenoxy) is 3. The van der Waals surface area contributed by atoms with Crippen LogP contribution in [0.15, 0.2) is 42.5 Å². The van der Waals surface area contributed by atoms with Crippen LogP contribution >= 0.6 is 0 Å². The number of rotatable bonds is 6. The van der Waals surface area contributed by atoms with E-state index < -0.39 is 5.97 Å². The Balaban J connectivity index is 1.78. The van der Waals surface area contributed by atoms with Crippen LogP contribution in [0.25, 0.3) is 11.1 Å². The average Bonchev–Trinajstić information content (AvgIpc) is 3.13. The Morgan fingerprint density at radius 2 is 2.04 bits per heavy atom. The molecule has 1 saturated heterocycles. The summed E-state index contributed by atoms with van der Waals surface area (Å²) in [5.41, 5.74) is 1.77. The van der Waals surface area contributed by atoms with Gasteiger partial charge in [0, 0.05) is 18.1 Å². The van der Waals surface area contributed by atoms with Gasteiger partial charge in [0.1, 0.15) is 17.1 Å². The molecule has 1 heterocycles. The molecule has 0 bridgehead atoms. The Bertz CT molecular complexity index is 702. The van der Waals surface area contributed by atoms with Crippen molar-refractivity contribution in [3.63, 3.8) is 0 Å². The lowest BCUT2D eigenvalue weighted by Crippen LogP contribution is -2.11. The number of methoxy groups -OCH3 is 1. The fourth-order valence-electron chi connectivity index (χ4n) is 2.81. The van der Waals surface area contributed by atoms with E-state index in [1.165, 1.54) is 13.2 Å². The van der Waals surface area contributed by atoms with Crippen LogP contribution in [0.5, 0.6) is 11.5 Å². The number of hydrogen-bond donors (Lipinski definition) is 1. The number of carbonyl (C=O) groups is 1. The highest BCUT2D eigenvalue weighted by molar-refractivity contribution is 5.94. The molecular formula is C19H20O5. The summed E-state index contributed by atoms with van der Waals surface area (Å²) in [5, 5.41) is 9.28. The Hall–Kier alpha value is -2.53. The van der Waals surface area contributed by atoms with Crippen molar-refractivity contribution in [2.45, 2.75) is 6.42 Å². The molecule has 0 radical (unpaired) electrons. The van der Waals surface area contributed by atoms with E-state index in [0.29, 0.717) is 18.3 Å². The number of aromatic carboxylic acids is 1. The molecule has 1 N–H and O–H groups in total. The van der Waals surface area contributed by atoms with Gasteiger partial charge in [0.2, 0.25) is 0 Å². The monoisotopic (exact) mass is 328 g/mol. The molecule has 1 fully saturated rings. The molecule has 2 aromatic rings. The highest BCUT2D eigenvalue weighted by atomic mass is 16.5. The predicted molar refractivity (Wildman–Crippen MR) is 89.8 cm³/mol. The summed E-state index contributed by atoms with van der Waals surface area (Å²) in [4.78, 5) is 11.3. The van der Waals surface area contributed by atoms with Gasteiger partial charge in [-0.2, -0.15) is 0 Å². The molecule has 0 spiro atoms. The van der Waals surface area contributed by atoms with Crippen molar-refractivity contribution in [2.75, 3.05) is 26.9 Å². The molecule has 2 aromatic carbocycles. The van der Waals surface area contributed by atoms with Gasteiger partial charge in [-0.15, -0.1) is 0 Å². The largest absolute Gasteiger partial charge is 0.495 e. The first kappa shape index (κ1) is 16.3. The quantitative estimate of drug-likeness (QED) is 0.879. The maximum atomic E-state index is 11.3. The molecule has 3 rings (SSSR count). The van der Waals surface area contributed by atoms with Gasteiger partial charge < -0.3 is 19.3 Å². The van der Waals surface area contributed by atoms with Gasteiger partial charge in [0.05, 0.1) is 20.3 Å². The first-order valence-corrected chi connectivity index (χ1v) is 7.90. The number of carboxylic acid groups (broad SMARTS) is 1. The fraction of sp³-hybridized carbons (Fsp3) is 0.316. The summed E-state index contributed by atoms with van der Waals surface area (Å²) in [6.07, 6.45) is 1.04. The van der Waals surface area contributed by atoms with Gasteiger partial charge in [-0.05, 0) is 30.2 Å². The standard InChI is InChI=1S/C19H20O5/c1-22-18-16(3-2-4-17(18)19(20)21)14-5-7-15(8-6-14)24-12-13-9-10-23-11-13/h2-8,13H,9-12H2,1H3,(H,20,21). The smallest absolute Gasteiger partial charge is 0.339 e. The molecule has 1 aliphatic heterocycles. The second-order valence-electron chi connectivity index (χ2n) is 5.76. The van der Waals surface area contributed by atoms with Crippen molar-refractivity contribution in [3.05, 3.63) is 48.0 Å². The zero-order valence-electron chi connectivity index (χ0n) is 13.5. The predicted octanol–water partition coefficient (Wildman–Crippen LogP) is 3.48. The SMILES string of the molecule is COc1c(C(=O)O)cccc1-c1ccc(OCC2CCOC2)cc1. The maximum Gasteiger partial charge on any atom is 0.339 e. The van der Waals surface area contributed by atoms with Crippen LogP contribution in [0.1, 0.15) is 16.8 Å². The van der Waals surface area contributed by atoms with E-state index in [2.05, 4.69) is 0 Å². The van der Waals surface area contributed by atoms with Crippen molar-refractivity contribution in [3.8, 4) is 22.6 Å². The number of benzene rings is 2. The van der Waals surface area contributed by atoms with Gasteiger partial charge in [-0.3, -0.25) is 0 Å². The molecule has 0 amide bonds. The van der Waals surface area contributed by atoms with E-state index >= 15 is 0 Å². The first-order valence-electron chi connectivity index (χ1n) is 7.90. The molecule has 1 aliphatic rings. The van der Waals surface area contributed by atoms with Crippen molar-refractivity contribution in [1.29, 1.82) is 0 Å². The van der Waals surface area contributed by atoms with Crippen LogP contribution in [-0.2, 0) is 4.74 Å². The second kappa shape index (κ2) is 7.36. The normalized spacial score (nSPS) is 16.8. The lowest BCUT2D eigenvalue weighted by Gasteiger charge is -2.13. The van der Waals surface area contributed by atoms with Crippen molar-refractivity contribution >= 4 is 5.97 Å². The minimum absolute atomic E-state index is 0.150. The molecule has 1 unspecified atom stereocenters. The zero-order chi connectivity index (χ0) is 16.9. The summed E-state index contributed by atoms with van der Waals surface area (Å²) >= 11 is 0. The second-order valence-corrected chi connectivity index (χ2v) is 5.76. The molecule has 0 saturated carbocycles. The summed E-state index contributed by atoms with van der Waals surface area (Å²) in [7, 11) is 1.48. The molecule has 1 atom stereocenters. The highest BCUT2D eigenvalue weighted by Gasteiger charge is 2.17. The number of para-hydroxylation sites is 1. The van der Waals surface area contributed by atoms with Crippen LogP contribution in [-0.4, -0.2) is 38.0 Å². The number of carboxylic acids is 1. The van der Waals surface area contributed by atoms with E-state index in [1.807, 2.05) is 30.3 Å². The van der Waals surface area contributed by atoms with E-state index in [9.17, 15) is 9.90 Å². The minimum atomic E-state index is -1.01. The van der Waals surface area contributed by atoms with Crippen LogP contribution in [0.3, 0.4) is 0 Å². The Morgan fingerprint density at radius 1 is 1.25 bits per heavy atom. The molecule has 5 heteroatoms. The lowest BCUT2D eigenvalue weighted by molar-refractivity contribution is 0.0693. The van der Waals surface area contributed by atoms with Gasteiger partial charge in [-0.25, -0.2) is 4.79 Å². The van der Waals surface area contributed by atoms with Crippen molar-refractivity contribution in [1.82, 2.24) is 0 Å². The van der Waals surface area contributed by atoms with E-state index in [-0.39, 0.29) is 5.56 Å². The van der Waals surface area contributed by atoms with Gasteiger partial charge >= 0.3 is 5.97 Å².